The van der Waals surface area contributed by atoms with Crippen molar-refractivity contribution in [1.29, 1.82) is 0 Å². The lowest BCUT2D eigenvalue weighted by molar-refractivity contribution is -0.0996. The van der Waals surface area contributed by atoms with Crippen LogP contribution in [-0.4, -0.2) is 59.6 Å². The van der Waals surface area contributed by atoms with E-state index in [0.29, 0.717) is 6.61 Å². The van der Waals surface area contributed by atoms with Gasteiger partial charge in [0.25, 0.3) is 0 Å². The van der Waals surface area contributed by atoms with E-state index in [2.05, 4.69) is 19.1 Å². The standard InChI is InChI=1S/C26H50O5/c1-2-3-4-5-6-7-8-9-10-11-12-13-14-15-16-17-18-19-20-30-24(21-27)26-25(29)23(28)22-31-26/h17-18,23-29H,2-16,19-22H2,1H3/b18-17+/t23-,24+,25-,26-/m1/s1. The highest BCUT2D eigenvalue weighted by Gasteiger charge is 2.40. The lowest BCUT2D eigenvalue weighted by atomic mass is 10.0. The zero-order valence-electron chi connectivity index (χ0n) is 20.1. The first-order valence-corrected chi connectivity index (χ1v) is 13.1. The fourth-order valence-corrected chi connectivity index (χ4v) is 4.18. The summed E-state index contributed by atoms with van der Waals surface area (Å²) in [5, 5.41) is 28.8. The second kappa shape index (κ2) is 20.2. The van der Waals surface area contributed by atoms with Crippen LogP contribution in [0.5, 0.6) is 0 Å². The predicted octanol–water partition coefficient (Wildman–Crippen LogP) is 5.30. The third-order valence-electron chi connectivity index (χ3n) is 6.24. The number of allylic oxidation sites excluding steroid dienone is 1. The van der Waals surface area contributed by atoms with Crippen LogP contribution in [0.25, 0.3) is 0 Å². The fraction of sp³-hybridized carbons (Fsp3) is 0.923. The lowest BCUT2D eigenvalue weighted by Crippen LogP contribution is -2.42. The van der Waals surface area contributed by atoms with Gasteiger partial charge in [0.1, 0.15) is 24.4 Å². The number of aliphatic hydroxyl groups is 3. The van der Waals surface area contributed by atoms with Gasteiger partial charge in [0.2, 0.25) is 0 Å². The Morgan fingerprint density at radius 1 is 0.806 bits per heavy atom. The number of unbranched alkanes of at least 4 members (excludes halogenated alkanes) is 14. The summed E-state index contributed by atoms with van der Waals surface area (Å²) in [5.74, 6) is 0. The molecule has 0 unspecified atom stereocenters. The third kappa shape index (κ3) is 14.3. The van der Waals surface area contributed by atoms with Crippen molar-refractivity contribution >= 4 is 0 Å². The van der Waals surface area contributed by atoms with Crippen LogP contribution in [0.2, 0.25) is 0 Å². The van der Waals surface area contributed by atoms with Gasteiger partial charge in [-0.2, -0.15) is 0 Å². The fourth-order valence-electron chi connectivity index (χ4n) is 4.18. The molecule has 0 aliphatic carbocycles. The highest BCUT2D eigenvalue weighted by atomic mass is 16.6. The van der Waals surface area contributed by atoms with Crippen molar-refractivity contribution in [3.8, 4) is 0 Å². The average Bonchev–Trinajstić information content (AvgIpc) is 3.11. The molecule has 0 radical (unpaired) electrons. The summed E-state index contributed by atoms with van der Waals surface area (Å²) in [6, 6.07) is 0. The van der Waals surface area contributed by atoms with Crippen molar-refractivity contribution in [2.45, 2.75) is 134 Å². The molecule has 0 spiro atoms. The zero-order valence-corrected chi connectivity index (χ0v) is 20.1. The highest BCUT2D eigenvalue weighted by molar-refractivity contribution is 4.89. The van der Waals surface area contributed by atoms with Gasteiger partial charge in [0.15, 0.2) is 0 Å². The Kier molecular flexibility index (Phi) is 18.6. The maximum atomic E-state index is 9.84. The number of hydrogen-bond donors (Lipinski definition) is 3. The first kappa shape index (κ1) is 28.6. The Labute approximate surface area is 191 Å². The van der Waals surface area contributed by atoms with Gasteiger partial charge in [-0.15, -0.1) is 0 Å². The van der Waals surface area contributed by atoms with E-state index >= 15 is 0 Å². The summed E-state index contributed by atoms with van der Waals surface area (Å²) in [7, 11) is 0. The first-order valence-electron chi connectivity index (χ1n) is 13.1. The van der Waals surface area contributed by atoms with Gasteiger partial charge >= 0.3 is 0 Å². The summed E-state index contributed by atoms with van der Waals surface area (Å²) >= 11 is 0. The number of hydrogen-bond acceptors (Lipinski definition) is 5. The molecule has 0 amide bonds. The molecule has 1 saturated heterocycles. The molecule has 0 aromatic rings. The lowest BCUT2D eigenvalue weighted by Gasteiger charge is -2.24. The van der Waals surface area contributed by atoms with Crippen molar-refractivity contribution < 1.29 is 24.8 Å². The van der Waals surface area contributed by atoms with Crippen molar-refractivity contribution in [2.75, 3.05) is 19.8 Å². The highest BCUT2D eigenvalue weighted by Crippen LogP contribution is 2.19. The van der Waals surface area contributed by atoms with E-state index < -0.39 is 24.4 Å². The van der Waals surface area contributed by atoms with Crippen LogP contribution in [-0.2, 0) is 9.47 Å². The minimum absolute atomic E-state index is 0.0881. The summed E-state index contributed by atoms with van der Waals surface area (Å²) in [6.07, 6.45) is 22.5. The second-order valence-corrected chi connectivity index (χ2v) is 9.09. The molecule has 5 nitrogen and oxygen atoms in total. The Balaban J connectivity index is 1.83. The number of ether oxygens (including phenoxy) is 2. The molecule has 31 heavy (non-hydrogen) atoms. The van der Waals surface area contributed by atoms with Crippen LogP contribution in [0.4, 0.5) is 0 Å². The van der Waals surface area contributed by atoms with Crippen molar-refractivity contribution in [3.05, 3.63) is 12.2 Å². The molecule has 1 fully saturated rings. The van der Waals surface area contributed by atoms with Gasteiger partial charge in [-0.25, -0.2) is 0 Å². The molecular formula is C26H50O5. The third-order valence-corrected chi connectivity index (χ3v) is 6.24. The van der Waals surface area contributed by atoms with E-state index in [1.54, 1.807) is 0 Å². The molecule has 1 heterocycles. The average molecular weight is 443 g/mol. The minimum atomic E-state index is -0.993. The smallest absolute Gasteiger partial charge is 0.114 e. The van der Waals surface area contributed by atoms with E-state index in [0.717, 1.165) is 12.8 Å². The van der Waals surface area contributed by atoms with Gasteiger partial charge in [-0.1, -0.05) is 103 Å². The van der Waals surface area contributed by atoms with Gasteiger partial charge in [-0.3, -0.25) is 0 Å². The number of rotatable bonds is 21. The van der Waals surface area contributed by atoms with Gasteiger partial charge in [0, 0.05) is 0 Å². The van der Waals surface area contributed by atoms with Crippen LogP contribution in [0.3, 0.4) is 0 Å². The minimum Gasteiger partial charge on any atom is -0.394 e. The normalized spacial score (nSPS) is 22.5. The molecule has 1 rings (SSSR count). The van der Waals surface area contributed by atoms with Gasteiger partial charge < -0.3 is 24.8 Å². The molecule has 4 atom stereocenters. The van der Waals surface area contributed by atoms with Crippen LogP contribution in [0, 0.1) is 0 Å². The van der Waals surface area contributed by atoms with E-state index in [-0.39, 0.29) is 13.2 Å². The Bertz CT molecular complexity index is 415. The summed E-state index contributed by atoms with van der Waals surface area (Å²) in [6.45, 7) is 2.61. The quantitative estimate of drug-likeness (QED) is 0.166. The zero-order chi connectivity index (χ0) is 22.6. The Morgan fingerprint density at radius 3 is 1.81 bits per heavy atom. The van der Waals surface area contributed by atoms with Gasteiger partial charge in [0.05, 0.1) is 19.8 Å². The van der Waals surface area contributed by atoms with Crippen molar-refractivity contribution in [2.24, 2.45) is 0 Å². The van der Waals surface area contributed by atoms with E-state index in [4.69, 9.17) is 9.47 Å². The van der Waals surface area contributed by atoms with E-state index in [9.17, 15) is 15.3 Å². The molecule has 0 saturated carbocycles. The summed E-state index contributed by atoms with van der Waals surface area (Å²) in [4.78, 5) is 0. The monoisotopic (exact) mass is 442 g/mol. The molecule has 5 heteroatoms. The molecule has 184 valence electrons. The van der Waals surface area contributed by atoms with Crippen LogP contribution < -0.4 is 0 Å². The first-order chi connectivity index (χ1) is 15.2. The molecule has 0 aromatic heterocycles. The molecule has 0 bridgehead atoms. The van der Waals surface area contributed by atoms with Crippen LogP contribution in [0.1, 0.15) is 110 Å². The van der Waals surface area contributed by atoms with Crippen LogP contribution >= 0.6 is 0 Å². The Morgan fingerprint density at radius 2 is 1.32 bits per heavy atom. The second-order valence-electron chi connectivity index (χ2n) is 9.09. The molecule has 0 aromatic carbocycles. The molecule has 1 aliphatic heterocycles. The Hall–Kier alpha value is -0.460. The largest absolute Gasteiger partial charge is 0.394 e. The van der Waals surface area contributed by atoms with Crippen LogP contribution in [0.15, 0.2) is 12.2 Å². The summed E-state index contributed by atoms with van der Waals surface area (Å²) < 4.78 is 10.9. The molecular weight excluding hydrogens is 392 g/mol. The molecule has 1 aliphatic rings. The SMILES string of the molecule is CCCCCCCCCCCCCCCC/C=C/CCO[C@@H](CO)[C@H]1OC[C@@H](O)[C@H]1O. The van der Waals surface area contributed by atoms with Gasteiger partial charge in [-0.05, 0) is 19.3 Å². The van der Waals surface area contributed by atoms with E-state index in [1.807, 2.05) is 0 Å². The van der Waals surface area contributed by atoms with Crippen molar-refractivity contribution in [3.63, 3.8) is 0 Å². The van der Waals surface area contributed by atoms with Crippen molar-refractivity contribution in [1.82, 2.24) is 0 Å². The topological polar surface area (TPSA) is 79.2 Å². The molecule has 3 N–H and O–H groups in total. The number of aliphatic hydroxyl groups excluding tert-OH is 3. The van der Waals surface area contributed by atoms with E-state index in [1.165, 1.54) is 89.9 Å². The predicted molar refractivity (Wildman–Crippen MR) is 127 cm³/mol. The maximum absolute atomic E-state index is 9.84. The summed E-state index contributed by atoms with van der Waals surface area (Å²) in [5.41, 5.74) is 0. The maximum Gasteiger partial charge on any atom is 0.114 e.